The van der Waals surface area contributed by atoms with Crippen LogP contribution >= 0.6 is 0 Å². The molecule has 4 heteroatoms. The zero-order chi connectivity index (χ0) is 13.5. The van der Waals surface area contributed by atoms with E-state index in [2.05, 4.69) is 11.4 Å². The van der Waals surface area contributed by atoms with Crippen molar-refractivity contribution < 1.29 is 4.79 Å². The fourth-order valence-electron chi connectivity index (χ4n) is 2.42. The Morgan fingerprint density at radius 2 is 2.21 bits per heavy atom. The second-order valence-corrected chi connectivity index (χ2v) is 4.88. The number of nitrogens with one attached hydrogen (secondary N) is 1. The molecular formula is C15H19N3O. The molecule has 1 aliphatic heterocycles. The lowest BCUT2D eigenvalue weighted by molar-refractivity contribution is -0.136. The molecule has 1 aromatic rings. The Labute approximate surface area is 114 Å². The average molecular weight is 257 g/mol. The van der Waals surface area contributed by atoms with Crippen molar-refractivity contribution in [3.63, 3.8) is 0 Å². The second-order valence-electron chi connectivity index (χ2n) is 4.88. The van der Waals surface area contributed by atoms with Gasteiger partial charge in [-0.3, -0.25) is 4.79 Å². The summed E-state index contributed by atoms with van der Waals surface area (Å²) < 4.78 is 0. The van der Waals surface area contributed by atoms with Gasteiger partial charge in [0.1, 0.15) is 6.54 Å². The largest absolute Gasteiger partial charge is 0.325 e. The normalized spacial score (nSPS) is 18.6. The number of carbonyl (C=O) groups excluding carboxylic acids is 1. The molecule has 0 aromatic heterocycles. The Kier molecular flexibility index (Phi) is 4.93. The lowest BCUT2D eigenvalue weighted by atomic mass is 9.98. The van der Waals surface area contributed by atoms with Gasteiger partial charge in [0.15, 0.2) is 0 Å². The summed E-state index contributed by atoms with van der Waals surface area (Å²) in [4.78, 5) is 14.1. The van der Waals surface area contributed by atoms with Gasteiger partial charge in [0.25, 0.3) is 0 Å². The van der Waals surface area contributed by atoms with E-state index in [1.807, 2.05) is 30.3 Å². The van der Waals surface area contributed by atoms with Crippen molar-refractivity contribution in [2.75, 3.05) is 19.6 Å². The molecule has 1 atom stereocenters. The summed E-state index contributed by atoms with van der Waals surface area (Å²) in [6, 6.07) is 11.9. The lowest BCUT2D eigenvalue weighted by Gasteiger charge is -2.28. The number of hydrogen-bond donors (Lipinski definition) is 1. The fraction of sp³-hybridized carbons (Fsp3) is 0.467. The monoisotopic (exact) mass is 257 g/mol. The van der Waals surface area contributed by atoms with Crippen LogP contribution in [0.4, 0.5) is 0 Å². The number of nitrogens with zero attached hydrogens (tertiary/aromatic N) is 2. The molecule has 19 heavy (non-hydrogen) atoms. The molecule has 1 N–H and O–H groups in total. The van der Waals surface area contributed by atoms with Gasteiger partial charge in [-0.2, -0.15) is 5.26 Å². The maximum Gasteiger partial charge on any atom is 0.228 e. The standard InChI is InChI=1S/C15H19N3O/c16-8-10-18(12-13-5-2-1-3-6-13)15(19)14-7-4-9-17-11-14/h1-3,5-6,14,17H,4,7,9-12H2/t14-/m1/s1. The highest BCUT2D eigenvalue weighted by Crippen LogP contribution is 2.15. The van der Waals surface area contributed by atoms with E-state index >= 15 is 0 Å². The summed E-state index contributed by atoms with van der Waals surface area (Å²) in [5.41, 5.74) is 1.06. The number of hydrogen-bond acceptors (Lipinski definition) is 3. The van der Waals surface area contributed by atoms with Crippen LogP contribution in [-0.2, 0) is 11.3 Å². The zero-order valence-electron chi connectivity index (χ0n) is 11.0. The zero-order valence-corrected chi connectivity index (χ0v) is 11.0. The van der Waals surface area contributed by atoms with Gasteiger partial charge in [-0.25, -0.2) is 0 Å². The molecule has 2 rings (SSSR count). The summed E-state index contributed by atoms with van der Waals surface area (Å²) in [7, 11) is 0. The first-order chi connectivity index (χ1) is 9.31. The van der Waals surface area contributed by atoms with E-state index in [4.69, 9.17) is 5.26 Å². The molecule has 1 aromatic carbocycles. The molecule has 0 saturated carbocycles. The number of amides is 1. The molecule has 1 saturated heterocycles. The van der Waals surface area contributed by atoms with Crippen LogP contribution in [0.25, 0.3) is 0 Å². The predicted octanol–water partition coefficient (Wildman–Crippen LogP) is 1.54. The minimum Gasteiger partial charge on any atom is -0.325 e. The quantitative estimate of drug-likeness (QED) is 0.832. The van der Waals surface area contributed by atoms with E-state index in [0.29, 0.717) is 6.54 Å². The first kappa shape index (κ1) is 13.6. The van der Waals surface area contributed by atoms with Gasteiger partial charge in [-0.1, -0.05) is 30.3 Å². The second kappa shape index (κ2) is 6.91. The van der Waals surface area contributed by atoms with Crippen LogP contribution in [0.15, 0.2) is 30.3 Å². The van der Waals surface area contributed by atoms with Gasteiger partial charge in [0.05, 0.1) is 12.0 Å². The van der Waals surface area contributed by atoms with Crippen LogP contribution in [0.3, 0.4) is 0 Å². The third-order valence-electron chi connectivity index (χ3n) is 3.44. The highest BCUT2D eigenvalue weighted by atomic mass is 16.2. The van der Waals surface area contributed by atoms with Crippen molar-refractivity contribution in [1.82, 2.24) is 10.2 Å². The number of piperidine rings is 1. The van der Waals surface area contributed by atoms with Crippen LogP contribution in [0.1, 0.15) is 18.4 Å². The Morgan fingerprint density at radius 1 is 1.42 bits per heavy atom. The number of rotatable bonds is 4. The van der Waals surface area contributed by atoms with Gasteiger partial charge in [0, 0.05) is 13.1 Å². The Balaban J connectivity index is 2.02. The third-order valence-corrected chi connectivity index (χ3v) is 3.44. The first-order valence-corrected chi connectivity index (χ1v) is 6.71. The minimum atomic E-state index is 0.0193. The van der Waals surface area contributed by atoms with Crippen LogP contribution < -0.4 is 5.32 Å². The summed E-state index contributed by atoms with van der Waals surface area (Å²) in [5.74, 6) is 0.114. The minimum absolute atomic E-state index is 0.0193. The van der Waals surface area contributed by atoms with Gasteiger partial charge in [-0.05, 0) is 24.9 Å². The van der Waals surface area contributed by atoms with Crippen LogP contribution in [-0.4, -0.2) is 30.4 Å². The number of benzene rings is 1. The molecule has 0 radical (unpaired) electrons. The summed E-state index contributed by atoms with van der Waals surface area (Å²) >= 11 is 0. The molecule has 4 nitrogen and oxygen atoms in total. The van der Waals surface area contributed by atoms with E-state index in [1.165, 1.54) is 0 Å². The van der Waals surface area contributed by atoms with E-state index in [9.17, 15) is 4.79 Å². The highest BCUT2D eigenvalue weighted by molar-refractivity contribution is 5.79. The van der Waals surface area contributed by atoms with Gasteiger partial charge in [0.2, 0.25) is 5.91 Å². The summed E-state index contributed by atoms with van der Waals surface area (Å²) in [5, 5.41) is 12.1. The Hall–Kier alpha value is -1.86. The van der Waals surface area contributed by atoms with Gasteiger partial charge in [-0.15, -0.1) is 0 Å². The number of carbonyl (C=O) groups is 1. The fourth-order valence-corrected chi connectivity index (χ4v) is 2.42. The smallest absolute Gasteiger partial charge is 0.228 e. The molecule has 100 valence electrons. The van der Waals surface area contributed by atoms with Crippen molar-refractivity contribution in [3.05, 3.63) is 35.9 Å². The van der Waals surface area contributed by atoms with Crippen molar-refractivity contribution >= 4 is 5.91 Å². The van der Waals surface area contributed by atoms with E-state index in [1.54, 1.807) is 4.90 Å². The van der Waals surface area contributed by atoms with Crippen molar-refractivity contribution in [3.8, 4) is 6.07 Å². The SMILES string of the molecule is N#CCN(Cc1ccccc1)C(=O)[C@@H]1CCCNC1. The molecule has 1 aliphatic rings. The third kappa shape index (κ3) is 3.80. The number of nitriles is 1. The van der Waals surface area contributed by atoms with E-state index in [0.717, 1.165) is 31.5 Å². The van der Waals surface area contributed by atoms with E-state index < -0.39 is 0 Å². The average Bonchev–Trinajstić information content (AvgIpc) is 2.48. The Bertz CT molecular complexity index is 446. The van der Waals surface area contributed by atoms with E-state index in [-0.39, 0.29) is 18.4 Å². The van der Waals surface area contributed by atoms with Crippen LogP contribution in [0, 0.1) is 17.2 Å². The molecule has 0 spiro atoms. The molecule has 0 aliphatic carbocycles. The van der Waals surface area contributed by atoms with Gasteiger partial charge >= 0.3 is 0 Å². The molecule has 1 amide bonds. The summed E-state index contributed by atoms with van der Waals surface area (Å²) in [6.07, 6.45) is 1.95. The van der Waals surface area contributed by atoms with Crippen molar-refractivity contribution in [1.29, 1.82) is 5.26 Å². The predicted molar refractivity (Wildman–Crippen MR) is 73.1 cm³/mol. The lowest BCUT2D eigenvalue weighted by Crippen LogP contribution is -2.42. The maximum absolute atomic E-state index is 12.4. The highest BCUT2D eigenvalue weighted by Gasteiger charge is 2.25. The first-order valence-electron chi connectivity index (χ1n) is 6.71. The molecular weight excluding hydrogens is 238 g/mol. The van der Waals surface area contributed by atoms with Crippen LogP contribution in [0.2, 0.25) is 0 Å². The molecule has 0 bridgehead atoms. The topological polar surface area (TPSA) is 56.1 Å². The molecule has 1 heterocycles. The summed E-state index contributed by atoms with van der Waals surface area (Å²) in [6.45, 7) is 2.39. The van der Waals surface area contributed by atoms with Crippen molar-refractivity contribution in [2.24, 2.45) is 5.92 Å². The van der Waals surface area contributed by atoms with Crippen LogP contribution in [0.5, 0.6) is 0 Å². The molecule has 1 fully saturated rings. The van der Waals surface area contributed by atoms with Crippen molar-refractivity contribution in [2.45, 2.75) is 19.4 Å². The molecule has 0 unspecified atom stereocenters. The Morgan fingerprint density at radius 3 is 2.84 bits per heavy atom. The maximum atomic E-state index is 12.4. The van der Waals surface area contributed by atoms with Gasteiger partial charge < -0.3 is 10.2 Å².